The number of ketones is 2. The van der Waals surface area contributed by atoms with Crippen LogP contribution in [0.3, 0.4) is 0 Å². The van der Waals surface area contributed by atoms with E-state index in [1.165, 1.54) is 36.4 Å². The highest BCUT2D eigenvalue weighted by Crippen LogP contribution is 2.50. The van der Waals surface area contributed by atoms with Crippen molar-refractivity contribution in [3.8, 4) is 0 Å². The van der Waals surface area contributed by atoms with Crippen molar-refractivity contribution in [3.05, 3.63) is 105 Å². The Morgan fingerprint density at radius 2 is 0.978 bits per heavy atom. The van der Waals surface area contributed by atoms with Crippen molar-refractivity contribution in [1.82, 2.24) is 0 Å². The summed E-state index contributed by atoms with van der Waals surface area (Å²) in [5.41, 5.74) is -3.98. The second-order valence-electron chi connectivity index (χ2n) is 14.0. The van der Waals surface area contributed by atoms with Crippen molar-refractivity contribution >= 4 is 43.2 Å². The van der Waals surface area contributed by atoms with Gasteiger partial charge in [-0.3, -0.25) is 18.7 Å². The van der Waals surface area contributed by atoms with E-state index < -0.39 is 53.7 Å². The molecule has 2 atom stereocenters. The van der Waals surface area contributed by atoms with E-state index in [-0.39, 0.29) is 56.3 Å². The molecular weight excluding hydrogens is 629 g/mol. The quantitative estimate of drug-likeness (QED) is 0.219. The van der Waals surface area contributed by atoms with Gasteiger partial charge in [-0.2, -0.15) is 16.8 Å². The van der Waals surface area contributed by atoms with Gasteiger partial charge in [0.15, 0.2) is 11.6 Å². The van der Waals surface area contributed by atoms with E-state index in [2.05, 4.69) is 10.6 Å². The molecule has 2 aromatic carbocycles. The van der Waals surface area contributed by atoms with E-state index in [1.54, 1.807) is 78.0 Å². The first-order chi connectivity index (χ1) is 21.2. The van der Waals surface area contributed by atoms with Gasteiger partial charge < -0.3 is 10.6 Å². The molecular formula is C34H38N2O8S2. The molecule has 0 radical (unpaired) electrons. The molecule has 10 nitrogen and oxygen atoms in total. The zero-order valence-electron chi connectivity index (χ0n) is 26.5. The number of hydrogen-bond donors (Lipinski definition) is 4. The monoisotopic (exact) mass is 666 g/mol. The van der Waals surface area contributed by atoms with E-state index >= 15 is 0 Å². The number of hydrogen-bond acceptors (Lipinski definition) is 8. The van der Waals surface area contributed by atoms with Crippen molar-refractivity contribution in [2.24, 2.45) is 10.8 Å². The molecule has 4 N–H and O–H groups in total. The highest BCUT2D eigenvalue weighted by atomic mass is 32.2. The smallest absolute Gasteiger partial charge is 0.293 e. The molecule has 46 heavy (non-hydrogen) atoms. The Morgan fingerprint density at radius 3 is 1.28 bits per heavy atom. The Hall–Kier alpha value is -3.84. The Bertz CT molecular complexity index is 1870. The molecule has 3 aliphatic rings. The average molecular weight is 667 g/mol. The first kappa shape index (κ1) is 33.5. The van der Waals surface area contributed by atoms with Gasteiger partial charge in [-0.05, 0) is 48.0 Å². The Morgan fingerprint density at radius 1 is 0.630 bits per heavy atom. The van der Waals surface area contributed by atoms with Gasteiger partial charge in [0.2, 0.25) is 0 Å². The van der Waals surface area contributed by atoms with Crippen molar-refractivity contribution in [2.75, 3.05) is 10.6 Å². The number of carbonyl (C=O) groups excluding carboxylic acids is 2. The molecule has 0 saturated heterocycles. The van der Waals surface area contributed by atoms with Gasteiger partial charge in [0.25, 0.3) is 20.2 Å². The minimum absolute atomic E-state index is 0.0330. The summed E-state index contributed by atoms with van der Waals surface area (Å²) in [7, 11) is -9.43. The summed E-state index contributed by atoms with van der Waals surface area (Å²) in [5.74, 6) is -0.994. The second-order valence-corrected chi connectivity index (χ2v) is 16.7. The first-order valence-electron chi connectivity index (χ1n) is 14.8. The third-order valence-corrected chi connectivity index (χ3v) is 11.4. The molecule has 2 unspecified atom stereocenters. The molecule has 0 bridgehead atoms. The fraction of sp³-hybridized carbons (Fsp3) is 0.353. The van der Waals surface area contributed by atoms with Crippen LogP contribution in [0.15, 0.2) is 82.7 Å². The predicted molar refractivity (Wildman–Crippen MR) is 178 cm³/mol. The van der Waals surface area contributed by atoms with E-state index in [4.69, 9.17) is 0 Å². The Kier molecular flexibility index (Phi) is 7.92. The lowest BCUT2D eigenvalue weighted by Gasteiger charge is -2.48. The van der Waals surface area contributed by atoms with E-state index in [0.717, 1.165) is 0 Å². The standard InChI is InChI=1S/C34H38N2O8S2/c1-31(2,3)33(19-11-9-15-25(33)45(39,40)41)35-23-17-18-24(28-27(23)29(37)21-13-7-8-14-22(21)30(28)38)36-34(32(4,5)6)20-12-10-16-26(34)46(42,43)44/h7-18,35-36H,19-20H2,1-6H3,(H,39,40,41)(H,42,43,44). The number of fused-ring (bicyclic) bond motifs is 2. The maximum Gasteiger partial charge on any atom is 0.293 e. The third kappa shape index (κ3) is 5.26. The molecule has 0 spiro atoms. The van der Waals surface area contributed by atoms with Gasteiger partial charge in [-0.1, -0.05) is 90.1 Å². The van der Waals surface area contributed by atoms with Crippen LogP contribution in [0.2, 0.25) is 0 Å². The summed E-state index contributed by atoms with van der Waals surface area (Å²) in [6.45, 7) is 10.8. The van der Waals surface area contributed by atoms with Crippen molar-refractivity contribution in [2.45, 2.75) is 65.5 Å². The lowest BCUT2D eigenvalue weighted by atomic mass is 9.68. The highest BCUT2D eigenvalue weighted by molar-refractivity contribution is 7.90. The lowest BCUT2D eigenvalue weighted by molar-refractivity contribution is 0.0979. The van der Waals surface area contributed by atoms with Gasteiger partial charge in [-0.25, -0.2) is 0 Å². The average Bonchev–Trinajstić information content (AvgIpc) is 2.94. The molecule has 12 heteroatoms. The largest absolute Gasteiger partial charge is 0.373 e. The van der Waals surface area contributed by atoms with Crippen LogP contribution in [-0.2, 0) is 20.2 Å². The van der Waals surface area contributed by atoms with Crippen LogP contribution >= 0.6 is 0 Å². The summed E-state index contributed by atoms with van der Waals surface area (Å²) in [5, 5.41) is 6.57. The Balaban J connectivity index is 1.80. The molecule has 244 valence electrons. The van der Waals surface area contributed by atoms with Gasteiger partial charge in [0, 0.05) is 22.5 Å². The predicted octanol–water partition coefficient (Wildman–Crippen LogP) is 6.32. The zero-order valence-corrected chi connectivity index (χ0v) is 28.1. The SMILES string of the molecule is CC(C)(C)C1(Nc2ccc(NC3(C(C)(C)C)CC=CC=C3S(=O)(=O)O)c3c2C(=O)c2ccccc2C3=O)CC=CC=C1S(=O)(=O)O. The zero-order chi connectivity index (χ0) is 34.1. The summed E-state index contributed by atoms with van der Waals surface area (Å²) in [4.78, 5) is 28.1. The van der Waals surface area contributed by atoms with E-state index in [0.29, 0.717) is 0 Å². The summed E-state index contributed by atoms with van der Waals surface area (Å²) in [6, 6.07) is 9.43. The number of carbonyl (C=O) groups is 2. The summed E-state index contributed by atoms with van der Waals surface area (Å²) < 4.78 is 71.5. The third-order valence-electron chi connectivity index (χ3n) is 9.35. The molecule has 0 amide bonds. The molecule has 0 saturated carbocycles. The van der Waals surface area contributed by atoms with Gasteiger partial charge >= 0.3 is 0 Å². The van der Waals surface area contributed by atoms with Crippen molar-refractivity contribution in [3.63, 3.8) is 0 Å². The fourth-order valence-electron chi connectivity index (χ4n) is 6.74. The number of rotatable bonds is 6. The van der Waals surface area contributed by atoms with Crippen LogP contribution in [0.5, 0.6) is 0 Å². The maximum absolute atomic E-state index is 14.3. The number of benzene rings is 2. The van der Waals surface area contributed by atoms with Crippen LogP contribution in [0.4, 0.5) is 11.4 Å². The topological polar surface area (TPSA) is 167 Å². The van der Waals surface area contributed by atoms with Crippen LogP contribution in [0, 0.1) is 10.8 Å². The molecule has 2 aromatic rings. The Labute approximate surface area is 269 Å². The molecule has 3 aliphatic carbocycles. The summed E-state index contributed by atoms with van der Waals surface area (Å²) in [6.07, 6.45) is 9.48. The number of nitrogens with one attached hydrogen (secondary N) is 2. The number of anilines is 2. The van der Waals surface area contributed by atoms with Crippen molar-refractivity contribution in [1.29, 1.82) is 0 Å². The van der Waals surface area contributed by atoms with Crippen LogP contribution in [-0.4, -0.2) is 48.6 Å². The van der Waals surface area contributed by atoms with Gasteiger partial charge in [-0.15, -0.1) is 0 Å². The lowest BCUT2D eigenvalue weighted by Crippen LogP contribution is -2.54. The van der Waals surface area contributed by atoms with E-state index in [9.17, 15) is 35.5 Å². The van der Waals surface area contributed by atoms with Gasteiger partial charge in [0.1, 0.15) is 0 Å². The number of allylic oxidation sites excluding steroid dienone is 4. The van der Waals surface area contributed by atoms with Crippen LogP contribution < -0.4 is 10.6 Å². The van der Waals surface area contributed by atoms with E-state index in [1.807, 2.05) is 0 Å². The molecule has 0 heterocycles. The minimum atomic E-state index is -4.71. The second kappa shape index (κ2) is 10.9. The van der Waals surface area contributed by atoms with Crippen LogP contribution in [0.25, 0.3) is 0 Å². The molecule has 0 fully saturated rings. The fourth-order valence-corrected chi connectivity index (χ4v) is 9.00. The molecule has 0 aromatic heterocycles. The maximum atomic E-state index is 14.3. The molecule has 5 rings (SSSR count). The van der Waals surface area contributed by atoms with Crippen LogP contribution in [0.1, 0.15) is 86.2 Å². The first-order valence-corrected chi connectivity index (χ1v) is 17.7. The highest BCUT2D eigenvalue weighted by Gasteiger charge is 2.52. The summed E-state index contributed by atoms with van der Waals surface area (Å²) >= 11 is 0. The normalized spacial score (nSPS) is 23.3. The molecule has 0 aliphatic heterocycles. The minimum Gasteiger partial charge on any atom is -0.373 e. The van der Waals surface area contributed by atoms with Crippen molar-refractivity contribution < 1.29 is 35.5 Å². The van der Waals surface area contributed by atoms with Gasteiger partial charge in [0.05, 0.1) is 32.0 Å².